The number of hydrogen-bond acceptors (Lipinski definition) is 4. The minimum Gasteiger partial charge on any atom is -0.324 e. The summed E-state index contributed by atoms with van der Waals surface area (Å²) in [6, 6.07) is 11.9. The van der Waals surface area contributed by atoms with Crippen LogP contribution in [0.3, 0.4) is 0 Å². The van der Waals surface area contributed by atoms with Crippen molar-refractivity contribution < 1.29 is 13.2 Å². The van der Waals surface area contributed by atoms with Gasteiger partial charge in [0.2, 0.25) is 15.9 Å². The molecule has 3 rings (SSSR count). The van der Waals surface area contributed by atoms with Crippen LogP contribution in [-0.2, 0) is 14.8 Å². The van der Waals surface area contributed by atoms with Crippen molar-refractivity contribution in [2.24, 2.45) is 5.92 Å². The number of halogens is 2. The van der Waals surface area contributed by atoms with Gasteiger partial charge in [0.1, 0.15) is 0 Å². The largest absolute Gasteiger partial charge is 0.324 e. The van der Waals surface area contributed by atoms with Gasteiger partial charge in [0.25, 0.3) is 0 Å². The molecule has 1 aliphatic heterocycles. The summed E-state index contributed by atoms with van der Waals surface area (Å²) in [4.78, 5) is 14.7. The zero-order chi connectivity index (χ0) is 21.7. The second-order valence-electron chi connectivity index (χ2n) is 7.56. The van der Waals surface area contributed by atoms with Gasteiger partial charge in [0.05, 0.1) is 27.2 Å². The van der Waals surface area contributed by atoms with Crippen LogP contribution in [0.4, 0.5) is 5.69 Å². The molecule has 1 aliphatic rings. The SMILES string of the molecule is Cc1ccc(S(=O)(=O)NCC2CCCN(CC(=O)Nc3cccc(Cl)c3Cl)C2)cc1. The molecular formula is C21H25Cl2N3O3S. The minimum atomic E-state index is -3.54. The minimum absolute atomic E-state index is 0.140. The summed E-state index contributed by atoms with van der Waals surface area (Å²) in [7, 11) is -3.54. The highest BCUT2D eigenvalue weighted by molar-refractivity contribution is 7.89. The fraction of sp³-hybridized carbons (Fsp3) is 0.381. The average molecular weight is 470 g/mol. The number of carbonyl (C=O) groups excluding carboxylic acids is 1. The topological polar surface area (TPSA) is 78.5 Å². The maximum Gasteiger partial charge on any atom is 0.240 e. The third-order valence-corrected chi connectivity index (χ3v) is 7.35. The van der Waals surface area contributed by atoms with Crippen LogP contribution in [0.25, 0.3) is 0 Å². The highest BCUT2D eigenvalue weighted by Crippen LogP contribution is 2.29. The summed E-state index contributed by atoms with van der Waals surface area (Å²) in [5.74, 6) is -0.0402. The maximum absolute atomic E-state index is 12.5. The number of piperidine rings is 1. The fourth-order valence-corrected chi connectivity index (χ4v) is 4.95. The van der Waals surface area contributed by atoms with E-state index in [1.807, 2.05) is 11.8 Å². The second-order valence-corrected chi connectivity index (χ2v) is 10.1. The summed E-state index contributed by atoms with van der Waals surface area (Å²) in [6.45, 7) is 3.90. The van der Waals surface area contributed by atoms with Gasteiger partial charge >= 0.3 is 0 Å². The zero-order valence-electron chi connectivity index (χ0n) is 16.7. The Morgan fingerprint density at radius 3 is 2.63 bits per heavy atom. The molecule has 1 fully saturated rings. The predicted molar refractivity (Wildman–Crippen MR) is 121 cm³/mol. The van der Waals surface area contributed by atoms with Gasteiger partial charge in [-0.05, 0) is 56.5 Å². The third-order valence-electron chi connectivity index (χ3n) is 5.09. The Morgan fingerprint density at radius 1 is 1.17 bits per heavy atom. The lowest BCUT2D eigenvalue weighted by Crippen LogP contribution is -2.43. The standard InChI is InChI=1S/C21H25Cl2N3O3S/c1-15-7-9-17(10-8-15)30(28,29)24-12-16-4-3-11-26(13-16)14-20(27)25-19-6-2-5-18(22)21(19)23/h2,5-10,16,24H,3-4,11-14H2,1H3,(H,25,27). The average Bonchev–Trinajstić information content (AvgIpc) is 2.71. The van der Waals surface area contributed by atoms with Crippen molar-refractivity contribution in [3.63, 3.8) is 0 Å². The van der Waals surface area contributed by atoms with E-state index in [0.29, 0.717) is 28.8 Å². The van der Waals surface area contributed by atoms with Gasteiger partial charge in [-0.1, -0.05) is 47.0 Å². The molecule has 2 aromatic carbocycles. The highest BCUT2D eigenvalue weighted by atomic mass is 35.5. The summed E-state index contributed by atoms with van der Waals surface area (Å²) in [5.41, 5.74) is 1.49. The van der Waals surface area contributed by atoms with Crippen LogP contribution in [0.5, 0.6) is 0 Å². The zero-order valence-corrected chi connectivity index (χ0v) is 19.0. The van der Waals surface area contributed by atoms with E-state index in [1.165, 1.54) is 0 Å². The van der Waals surface area contributed by atoms with E-state index >= 15 is 0 Å². The van der Waals surface area contributed by atoms with Crippen LogP contribution in [0.1, 0.15) is 18.4 Å². The Balaban J connectivity index is 1.52. The molecule has 0 radical (unpaired) electrons. The summed E-state index contributed by atoms with van der Waals surface area (Å²) >= 11 is 12.1. The van der Waals surface area contributed by atoms with Gasteiger partial charge in [-0.2, -0.15) is 0 Å². The van der Waals surface area contributed by atoms with Crippen molar-refractivity contribution >= 4 is 44.8 Å². The van der Waals surface area contributed by atoms with Crippen LogP contribution in [0.15, 0.2) is 47.4 Å². The van der Waals surface area contributed by atoms with E-state index in [2.05, 4.69) is 10.0 Å². The fourth-order valence-electron chi connectivity index (χ4n) is 3.48. The van der Waals surface area contributed by atoms with Crippen LogP contribution >= 0.6 is 23.2 Å². The quantitative estimate of drug-likeness (QED) is 0.643. The Bertz CT molecular complexity index is 997. The van der Waals surface area contributed by atoms with Crippen molar-refractivity contribution in [3.8, 4) is 0 Å². The van der Waals surface area contributed by atoms with Crippen molar-refractivity contribution in [2.75, 3.05) is 31.5 Å². The van der Waals surface area contributed by atoms with E-state index < -0.39 is 10.0 Å². The van der Waals surface area contributed by atoms with Gasteiger partial charge in [-0.25, -0.2) is 13.1 Å². The number of hydrogen-bond donors (Lipinski definition) is 2. The van der Waals surface area contributed by atoms with Crippen LogP contribution in [-0.4, -0.2) is 45.4 Å². The molecule has 2 aromatic rings. The number of anilines is 1. The van der Waals surface area contributed by atoms with Gasteiger partial charge in [0.15, 0.2) is 0 Å². The van der Waals surface area contributed by atoms with Crippen molar-refractivity contribution in [2.45, 2.75) is 24.7 Å². The lowest BCUT2D eigenvalue weighted by atomic mass is 9.98. The number of nitrogens with zero attached hydrogens (tertiary/aromatic N) is 1. The number of sulfonamides is 1. The first-order valence-electron chi connectivity index (χ1n) is 9.77. The third kappa shape index (κ3) is 6.18. The Kier molecular flexibility index (Phi) is 7.76. The van der Waals surface area contributed by atoms with Crippen molar-refractivity contribution in [3.05, 3.63) is 58.1 Å². The molecule has 0 aliphatic carbocycles. The second kappa shape index (κ2) is 10.1. The molecule has 9 heteroatoms. The monoisotopic (exact) mass is 469 g/mol. The molecular weight excluding hydrogens is 445 g/mol. The molecule has 0 aromatic heterocycles. The van der Waals surface area contributed by atoms with E-state index in [0.717, 1.165) is 24.9 Å². The molecule has 0 saturated carbocycles. The van der Waals surface area contributed by atoms with Crippen LogP contribution < -0.4 is 10.0 Å². The van der Waals surface area contributed by atoms with Crippen molar-refractivity contribution in [1.29, 1.82) is 0 Å². The molecule has 162 valence electrons. The summed E-state index contributed by atoms with van der Waals surface area (Å²) in [6.07, 6.45) is 1.82. The van der Waals surface area contributed by atoms with Gasteiger partial charge < -0.3 is 5.32 Å². The molecule has 0 spiro atoms. The van der Waals surface area contributed by atoms with Gasteiger partial charge in [0, 0.05) is 13.1 Å². The predicted octanol–water partition coefficient (Wildman–Crippen LogP) is 3.93. The first-order chi connectivity index (χ1) is 14.2. The molecule has 0 bridgehead atoms. The molecule has 2 N–H and O–H groups in total. The van der Waals surface area contributed by atoms with E-state index in [1.54, 1.807) is 42.5 Å². The Labute approximate surface area is 187 Å². The van der Waals surface area contributed by atoms with Gasteiger partial charge in [-0.3, -0.25) is 9.69 Å². The normalized spacial score (nSPS) is 17.6. The Hall–Kier alpha value is -1.64. The molecule has 1 unspecified atom stereocenters. The summed E-state index contributed by atoms with van der Waals surface area (Å²) < 4.78 is 27.7. The van der Waals surface area contributed by atoms with Crippen LogP contribution in [0.2, 0.25) is 10.0 Å². The molecule has 1 amide bonds. The molecule has 30 heavy (non-hydrogen) atoms. The molecule has 1 atom stereocenters. The number of rotatable bonds is 7. The summed E-state index contributed by atoms with van der Waals surface area (Å²) in [5, 5.41) is 3.48. The number of nitrogens with one attached hydrogen (secondary N) is 2. The number of amides is 1. The van der Waals surface area contributed by atoms with Gasteiger partial charge in [-0.15, -0.1) is 0 Å². The first-order valence-corrected chi connectivity index (χ1v) is 12.0. The molecule has 1 saturated heterocycles. The number of carbonyl (C=O) groups is 1. The molecule has 6 nitrogen and oxygen atoms in total. The highest BCUT2D eigenvalue weighted by Gasteiger charge is 2.24. The van der Waals surface area contributed by atoms with E-state index in [4.69, 9.17) is 23.2 Å². The lowest BCUT2D eigenvalue weighted by Gasteiger charge is -2.32. The van der Waals surface area contributed by atoms with Crippen LogP contribution in [0, 0.1) is 12.8 Å². The molecule has 1 heterocycles. The number of benzene rings is 2. The van der Waals surface area contributed by atoms with Crippen molar-refractivity contribution in [1.82, 2.24) is 9.62 Å². The van der Waals surface area contributed by atoms with E-state index in [-0.39, 0.29) is 23.3 Å². The first kappa shape index (κ1) is 23.0. The number of likely N-dealkylation sites (tertiary alicyclic amines) is 1. The lowest BCUT2D eigenvalue weighted by molar-refractivity contribution is -0.117. The number of aryl methyl sites for hydroxylation is 1. The maximum atomic E-state index is 12.5. The van der Waals surface area contributed by atoms with E-state index in [9.17, 15) is 13.2 Å². The Morgan fingerprint density at radius 2 is 1.90 bits per heavy atom. The smallest absolute Gasteiger partial charge is 0.240 e.